The normalized spacial score (nSPS) is 15.7. The first kappa shape index (κ1) is 11.7. The molecule has 1 aromatic heterocycles. The maximum atomic E-state index is 4.32. The third-order valence-electron chi connectivity index (χ3n) is 2.55. The highest BCUT2D eigenvalue weighted by Gasteiger charge is 2.30. The van der Waals surface area contributed by atoms with Crippen LogP contribution < -0.4 is 0 Å². The number of allylic oxidation sites excluding steroid dienone is 1. The van der Waals surface area contributed by atoms with Crippen LogP contribution in [0.15, 0.2) is 17.8 Å². The lowest BCUT2D eigenvalue weighted by Crippen LogP contribution is -2.03. The smallest absolute Gasteiger partial charge is 0.191 e. The van der Waals surface area contributed by atoms with Gasteiger partial charge in [0.15, 0.2) is 5.16 Å². The Kier molecular flexibility index (Phi) is 3.69. The van der Waals surface area contributed by atoms with Gasteiger partial charge in [-0.3, -0.25) is 0 Å². The van der Waals surface area contributed by atoms with Gasteiger partial charge in [-0.05, 0) is 18.8 Å². The van der Waals surface area contributed by atoms with Gasteiger partial charge >= 0.3 is 0 Å². The molecule has 1 aliphatic carbocycles. The Hall–Kier alpha value is -0.770. The van der Waals surface area contributed by atoms with E-state index in [0.717, 1.165) is 23.3 Å². The molecule has 0 atom stereocenters. The molecule has 16 heavy (non-hydrogen) atoms. The predicted molar refractivity (Wildman–Crippen MR) is 67.8 cm³/mol. The summed E-state index contributed by atoms with van der Waals surface area (Å²) in [6.45, 7) is 9.09. The van der Waals surface area contributed by atoms with E-state index in [4.69, 9.17) is 0 Å². The maximum Gasteiger partial charge on any atom is 0.191 e. The summed E-state index contributed by atoms with van der Waals surface area (Å²) in [6, 6.07) is 0. The van der Waals surface area contributed by atoms with Crippen LogP contribution in [0.5, 0.6) is 0 Å². The highest BCUT2D eigenvalue weighted by Crippen LogP contribution is 2.40. The van der Waals surface area contributed by atoms with Gasteiger partial charge in [-0.1, -0.05) is 31.7 Å². The zero-order valence-electron chi connectivity index (χ0n) is 10.0. The fourth-order valence-corrected chi connectivity index (χ4v) is 2.50. The summed E-state index contributed by atoms with van der Waals surface area (Å²) in [5.41, 5.74) is 0. The summed E-state index contributed by atoms with van der Waals surface area (Å²) in [4.78, 5) is 0. The third kappa shape index (κ3) is 2.67. The summed E-state index contributed by atoms with van der Waals surface area (Å²) in [5.74, 6) is 3.59. The highest BCUT2D eigenvalue weighted by molar-refractivity contribution is 7.99. The average Bonchev–Trinajstić information content (AvgIpc) is 3.00. The highest BCUT2D eigenvalue weighted by atomic mass is 32.2. The second kappa shape index (κ2) is 5.04. The average molecular weight is 237 g/mol. The molecule has 0 aromatic carbocycles. The van der Waals surface area contributed by atoms with Crippen molar-refractivity contribution in [3.05, 3.63) is 18.5 Å². The minimum Gasteiger partial charge on any atom is -0.302 e. The van der Waals surface area contributed by atoms with Crippen LogP contribution in [-0.2, 0) is 6.54 Å². The fraction of sp³-hybridized carbons (Fsp3) is 0.667. The monoisotopic (exact) mass is 237 g/mol. The molecule has 1 aromatic rings. The molecule has 0 radical (unpaired) electrons. The Bertz CT molecular complexity index is 366. The van der Waals surface area contributed by atoms with Gasteiger partial charge in [-0.2, -0.15) is 0 Å². The molecular weight excluding hydrogens is 218 g/mol. The number of aromatic nitrogens is 3. The molecule has 0 unspecified atom stereocenters. The molecule has 0 bridgehead atoms. The van der Waals surface area contributed by atoms with Crippen LogP contribution in [0.1, 0.15) is 38.4 Å². The van der Waals surface area contributed by atoms with Gasteiger partial charge in [0.25, 0.3) is 0 Å². The lowest BCUT2D eigenvalue weighted by Gasteiger charge is -2.07. The van der Waals surface area contributed by atoms with E-state index in [9.17, 15) is 0 Å². The second-order valence-electron chi connectivity index (χ2n) is 4.72. The van der Waals surface area contributed by atoms with Crippen molar-refractivity contribution in [1.29, 1.82) is 0 Å². The molecule has 1 fully saturated rings. The van der Waals surface area contributed by atoms with Crippen LogP contribution in [-0.4, -0.2) is 20.5 Å². The van der Waals surface area contributed by atoms with Crippen LogP contribution in [0.25, 0.3) is 0 Å². The number of nitrogens with zero attached hydrogens (tertiary/aromatic N) is 3. The van der Waals surface area contributed by atoms with E-state index in [1.54, 1.807) is 11.8 Å². The minimum absolute atomic E-state index is 0.654. The maximum absolute atomic E-state index is 4.32. The quantitative estimate of drug-likeness (QED) is 0.562. The molecule has 2 rings (SSSR count). The van der Waals surface area contributed by atoms with Crippen molar-refractivity contribution in [2.24, 2.45) is 5.92 Å². The first-order valence-electron chi connectivity index (χ1n) is 5.89. The van der Waals surface area contributed by atoms with E-state index in [0.29, 0.717) is 11.8 Å². The Morgan fingerprint density at radius 3 is 2.81 bits per heavy atom. The summed E-state index contributed by atoms with van der Waals surface area (Å²) in [6.07, 6.45) is 4.46. The third-order valence-corrected chi connectivity index (χ3v) is 3.94. The number of hydrogen-bond acceptors (Lipinski definition) is 3. The standard InChI is InChI=1S/C12H19N3S/c1-4-7-15-11(10-5-6-10)13-14-12(15)16-8-9(2)3/h4,9-10H,1,5-8H2,2-3H3. The van der Waals surface area contributed by atoms with E-state index < -0.39 is 0 Å². The molecule has 0 spiro atoms. The predicted octanol–water partition coefficient (Wildman–Crippen LogP) is 3.09. The number of hydrogen-bond donors (Lipinski definition) is 0. The first-order valence-corrected chi connectivity index (χ1v) is 6.87. The number of rotatable bonds is 6. The lowest BCUT2D eigenvalue weighted by atomic mass is 10.3. The van der Waals surface area contributed by atoms with Crippen LogP contribution in [0.3, 0.4) is 0 Å². The summed E-state index contributed by atoms with van der Waals surface area (Å²) >= 11 is 1.80. The van der Waals surface area contributed by atoms with E-state index in [1.165, 1.54) is 12.8 Å². The van der Waals surface area contributed by atoms with Crippen LogP contribution >= 0.6 is 11.8 Å². The minimum atomic E-state index is 0.654. The molecule has 3 nitrogen and oxygen atoms in total. The number of thioether (sulfide) groups is 1. The lowest BCUT2D eigenvalue weighted by molar-refractivity contribution is 0.677. The summed E-state index contributed by atoms with van der Waals surface area (Å²) in [7, 11) is 0. The molecule has 1 aliphatic rings. The van der Waals surface area contributed by atoms with Gasteiger partial charge in [0.1, 0.15) is 5.82 Å². The van der Waals surface area contributed by atoms with Gasteiger partial charge < -0.3 is 4.57 Å². The van der Waals surface area contributed by atoms with E-state index >= 15 is 0 Å². The molecule has 0 amide bonds. The van der Waals surface area contributed by atoms with Crippen molar-refractivity contribution in [3.8, 4) is 0 Å². The van der Waals surface area contributed by atoms with Crippen molar-refractivity contribution in [2.75, 3.05) is 5.75 Å². The molecule has 1 saturated carbocycles. The Balaban J connectivity index is 2.12. The van der Waals surface area contributed by atoms with Gasteiger partial charge in [-0.15, -0.1) is 16.8 Å². The Morgan fingerprint density at radius 1 is 1.50 bits per heavy atom. The first-order chi connectivity index (χ1) is 7.72. The summed E-state index contributed by atoms with van der Waals surface area (Å²) < 4.78 is 2.22. The van der Waals surface area contributed by atoms with Gasteiger partial charge in [0.2, 0.25) is 0 Å². The van der Waals surface area contributed by atoms with Crippen LogP contribution in [0.4, 0.5) is 0 Å². The van der Waals surface area contributed by atoms with E-state index in [-0.39, 0.29) is 0 Å². The molecule has 0 saturated heterocycles. The van der Waals surface area contributed by atoms with Gasteiger partial charge in [-0.25, -0.2) is 0 Å². The van der Waals surface area contributed by atoms with Crippen molar-refractivity contribution < 1.29 is 0 Å². The summed E-state index contributed by atoms with van der Waals surface area (Å²) in [5, 5.41) is 9.67. The molecule has 88 valence electrons. The van der Waals surface area contributed by atoms with Crippen LogP contribution in [0, 0.1) is 5.92 Å². The zero-order valence-corrected chi connectivity index (χ0v) is 10.8. The molecule has 0 aliphatic heterocycles. The molecule has 0 N–H and O–H groups in total. The topological polar surface area (TPSA) is 30.7 Å². The largest absolute Gasteiger partial charge is 0.302 e. The van der Waals surface area contributed by atoms with Crippen LogP contribution in [0.2, 0.25) is 0 Å². The van der Waals surface area contributed by atoms with Crippen molar-refractivity contribution >= 4 is 11.8 Å². The van der Waals surface area contributed by atoms with Gasteiger partial charge in [0, 0.05) is 18.2 Å². The molecule has 1 heterocycles. The molecule has 4 heteroatoms. The fourth-order valence-electron chi connectivity index (χ4n) is 1.59. The Labute approximate surface area is 101 Å². The van der Waals surface area contributed by atoms with Gasteiger partial charge in [0.05, 0.1) is 0 Å². The van der Waals surface area contributed by atoms with Crippen molar-refractivity contribution in [3.63, 3.8) is 0 Å². The second-order valence-corrected chi connectivity index (χ2v) is 5.71. The SMILES string of the molecule is C=CCn1c(SCC(C)C)nnc1C1CC1. The Morgan fingerprint density at radius 2 is 2.25 bits per heavy atom. The van der Waals surface area contributed by atoms with Crippen molar-refractivity contribution in [2.45, 2.75) is 44.3 Å². The molecular formula is C12H19N3S. The van der Waals surface area contributed by atoms with Crippen molar-refractivity contribution in [1.82, 2.24) is 14.8 Å². The van der Waals surface area contributed by atoms with E-state index in [2.05, 4.69) is 35.2 Å². The zero-order chi connectivity index (χ0) is 11.5. The van der Waals surface area contributed by atoms with E-state index in [1.807, 2.05) is 6.08 Å².